The van der Waals surface area contributed by atoms with E-state index in [1.807, 2.05) is 6.08 Å². The first kappa shape index (κ1) is 5.85. The Morgan fingerprint density at radius 3 is 2.62 bits per heavy atom. The van der Waals surface area contributed by atoms with E-state index in [4.69, 9.17) is 24.4 Å². The molecule has 3 heteroatoms. The normalized spacial score (nSPS) is 18.5. The lowest BCUT2D eigenvalue weighted by molar-refractivity contribution is 1.25. The van der Waals surface area contributed by atoms with E-state index < -0.39 is 0 Å². The summed E-state index contributed by atoms with van der Waals surface area (Å²) < 4.78 is 0. The lowest BCUT2D eigenvalue weighted by atomic mass is 10.2. The maximum Gasteiger partial charge on any atom is 0.0845 e. The van der Waals surface area contributed by atoms with Crippen LogP contribution in [0, 0.1) is 0 Å². The van der Waals surface area contributed by atoms with Gasteiger partial charge in [-0.15, -0.1) is 0 Å². The topological polar surface area (TPSA) is 12.0 Å². The van der Waals surface area contributed by atoms with Gasteiger partial charge in [-0.3, -0.25) is 0 Å². The molecule has 1 nitrogen and oxygen atoms in total. The van der Waals surface area contributed by atoms with E-state index in [0.29, 0.717) is 0 Å². The van der Waals surface area contributed by atoms with Gasteiger partial charge in [-0.2, -0.15) is 0 Å². The van der Waals surface area contributed by atoms with E-state index in [2.05, 4.69) is 5.32 Å². The summed E-state index contributed by atoms with van der Waals surface area (Å²) in [4.78, 5) is 1.73. The van der Waals surface area contributed by atoms with E-state index >= 15 is 0 Å². The van der Waals surface area contributed by atoms with Crippen molar-refractivity contribution in [1.29, 1.82) is 0 Å². The maximum atomic E-state index is 4.87. The first-order valence-corrected chi connectivity index (χ1v) is 3.09. The number of nitrogens with one attached hydrogen (secondary N) is 1. The Balaban J connectivity index is 2.68. The van der Waals surface area contributed by atoms with Crippen LogP contribution in [0.25, 0.3) is 0 Å². The van der Waals surface area contributed by atoms with Crippen molar-refractivity contribution >= 4 is 34.3 Å². The van der Waals surface area contributed by atoms with Gasteiger partial charge in [0.2, 0.25) is 0 Å². The zero-order valence-electron chi connectivity index (χ0n) is 4.18. The van der Waals surface area contributed by atoms with Crippen molar-refractivity contribution in [2.24, 2.45) is 0 Å². The summed E-state index contributed by atoms with van der Waals surface area (Å²) in [5, 5.41) is 2.88. The third-order valence-electron chi connectivity index (χ3n) is 0.848. The second-order valence-corrected chi connectivity index (χ2v) is 2.56. The van der Waals surface area contributed by atoms with E-state index in [1.54, 1.807) is 6.20 Å². The van der Waals surface area contributed by atoms with Gasteiger partial charge in [0.15, 0.2) is 0 Å². The zero-order chi connectivity index (χ0) is 5.98. The monoisotopic (exact) mass is 143 g/mol. The van der Waals surface area contributed by atoms with Gasteiger partial charge in [0.1, 0.15) is 0 Å². The van der Waals surface area contributed by atoms with E-state index in [9.17, 15) is 0 Å². The number of thiocarbonyl (C=S) groups is 2. The van der Waals surface area contributed by atoms with Gasteiger partial charge in [-0.25, -0.2) is 0 Å². The smallest absolute Gasteiger partial charge is 0.0845 e. The van der Waals surface area contributed by atoms with Crippen LogP contribution in [0.2, 0.25) is 0 Å². The maximum absolute atomic E-state index is 4.87. The average Bonchev–Trinajstić information content (AvgIpc) is 1.64. The summed E-state index contributed by atoms with van der Waals surface area (Å²) in [7, 11) is 0. The molecule has 42 valence electrons. The molecule has 0 aromatic carbocycles. The molecule has 1 aliphatic rings. The molecule has 8 heavy (non-hydrogen) atoms. The minimum atomic E-state index is 0.737. The van der Waals surface area contributed by atoms with Crippen molar-refractivity contribution in [1.82, 2.24) is 5.32 Å². The summed E-state index contributed by atoms with van der Waals surface area (Å²) in [6.45, 7) is 0. The van der Waals surface area contributed by atoms with Crippen LogP contribution >= 0.6 is 24.4 Å². The van der Waals surface area contributed by atoms with Crippen LogP contribution < -0.4 is 5.32 Å². The predicted octanol–water partition coefficient (Wildman–Crippen LogP) is 1.19. The van der Waals surface area contributed by atoms with Gasteiger partial charge in [-0.1, -0.05) is 24.4 Å². The molecule has 0 radical (unpaired) electrons. The van der Waals surface area contributed by atoms with E-state index in [1.165, 1.54) is 0 Å². The second-order valence-electron chi connectivity index (χ2n) is 1.54. The zero-order valence-corrected chi connectivity index (χ0v) is 5.81. The van der Waals surface area contributed by atoms with Crippen molar-refractivity contribution in [3.05, 3.63) is 12.3 Å². The first-order valence-electron chi connectivity index (χ1n) is 2.28. The van der Waals surface area contributed by atoms with Gasteiger partial charge in [-0.05, 0) is 6.08 Å². The molecule has 1 heterocycles. The van der Waals surface area contributed by atoms with Crippen molar-refractivity contribution in [3.8, 4) is 0 Å². The first-order chi connectivity index (χ1) is 3.79. The predicted molar refractivity (Wildman–Crippen MR) is 42.1 cm³/mol. The lowest BCUT2D eigenvalue weighted by Gasteiger charge is -2.06. The highest BCUT2D eigenvalue weighted by Gasteiger charge is 2.00. The van der Waals surface area contributed by atoms with Crippen molar-refractivity contribution in [2.45, 2.75) is 6.42 Å². The van der Waals surface area contributed by atoms with Gasteiger partial charge in [0, 0.05) is 17.5 Å². The summed E-state index contributed by atoms with van der Waals surface area (Å²) in [5.41, 5.74) is 0. The fourth-order valence-electron chi connectivity index (χ4n) is 0.496. The van der Waals surface area contributed by atoms with Crippen molar-refractivity contribution < 1.29 is 0 Å². The third-order valence-corrected chi connectivity index (χ3v) is 1.39. The molecule has 0 spiro atoms. The van der Waals surface area contributed by atoms with Crippen LogP contribution in [0.4, 0.5) is 0 Å². The highest BCUT2D eigenvalue weighted by atomic mass is 32.1. The van der Waals surface area contributed by atoms with Crippen LogP contribution in [-0.4, -0.2) is 9.85 Å². The summed E-state index contributed by atoms with van der Waals surface area (Å²) in [6, 6.07) is 0. The molecule has 0 unspecified atom stereocenters. The van der Waals surface area contributed by atoms with E-state index in [-0.39, 0.29) is 0 Å². The fourth-order valence-corrected chi connectivity index (χ4v) is 1.02. The number of allylic oxidation sites excluding steroid dienone is 1. The lowest BCUT2D eigenvalue weighted by Crippen LogP contribution is -2.21. The van der Waals surface area contributed by atoms with Crippen molar-refractivity contribution in [3.63, 3.8) is 0 Å². The number of hydrogen-bond acceptors (Lipinski definition) is 2. The quantitative estimate of drug-likeness (QED) is 0.512. The van der Waals surface area contributed by atoms with Crippen LogP contribution in [0.5, 0.6) is 0 Å². The summed E-state index contributed by atoms with van der Waals surface area (Å²) in [5.74, 6) is 0. The number of rotatable bonds is 0. The highest BCUT2D eigenvalue weighted by molar-refractivity contribution is 7.82. The second kappa shape index (κ2) is 2.33. The fraction of sp³-hybridized carbons (Fsp3) is 0.200. The van der Waals surface area contributed by atoms with Crippen LogP contribution in [0.3, 0.4) is 0 Å². The SMILES string of the molecule is S=C1C=CNC(=S)C1. The standard InChI is InChI=1S/C5H5NS2/c7-4-1-2-6-5(8)3-4/h1-2H,3H2,(H,6,8). The molecule has 0 saturated carbocycles. The van der Waals surface area contributed by atoms with Crippen molar-refractivity contribution in [2.75, 3.05) is 0 Å². The van der Waals surface area contributed by atoms with Gasteiger partial charge in [0.25, 0.3) is 0 Å². The molecule has 0 aromatic rings. The minimum Gasteiger partial charge on any atom is -0.356 e. The van der Waals surface area contributed by atoms with Gasteiger partial charge in [0.05, 0.1) is 4.99 Å². The average molecular weight is 143 g/mol. The molecule has 1 rings (SSSR count). The largest absolute Gasteiger partial charge is 0.356 e. The van der Waals surface area contributed by atoms with Crippen LogP contribution in [-0.2, 0) is 0 Å². The Morgan fingerprint density at radius 2 is 2.25 bits per heavy atom. The molecule has 0 amide bonds. The van der Waals surface area contributed by atoms with Gasteiger partial charge < -0.3 is 5.32 Å². The van der Waals surface area contributed by atoms with E-state index in [0.717, 1.165) is 16.3 Å². The molecule has 0 aliphatic carbocycles. The van der Waals surface area contributed by atoms with Gasteiger partial charge >= 0.3 is 0 Å². The molecule has 0 fully saturated rings. The Bertz CT molecular complexity index is 160. The summed E-state index contributed by atoms with van der Waals surface area (Å²) in [6.07, 6.45) is 4.36. The Hall–Kier alpha value is -0.280. The summed E-state index contributed by atoms with van der Waals surface area (Å²) >= 11 is 9.70. The molecular weight excluding hydrogens is 138 g/mol. The highest BCUT2D eigenvalue weighted by Crippen LogP contribution is 1.95. The Labute approximate surface area is 58.8 Å². The molecule has 0 aromatic heterocycles. The molecular formula is C5H5NS2. The molecule has 0 atom stereocenters. The Kier molecular flexibility index (Phi) is 1.70. The molecule has 1 aliphatic heterocycles. The van der Waals surface area contributed by atoms with Crippen LogP contribution in [0.1, 0.15) is 6.42 Å². The molecule has 0 saturated heterocycles. The Morgan fingerprint density at radius 1 is 1.50 bits per heavy atom. The van der Waals surface area contributed by atoms with Crippen LogP contribution in [0.15, 0.2) is 12.3 Å². The third kappa shape index (κ3) is 1.35. The minimum absolute atomic E-state index is 0.737. The number of hydrogen-bond donors (Lipinski definition) is 1. The molecule has 1 N–H and O–H groups in total. The molecule has 0 bridgehead atoms.